The molecule has 1 amide bonds. The van der Waals surface area contributed by atoms with Gasteiger partial charge in [0.25, 0.3) is 5.91 Å². The van der Waals surface area contributed by atoms with Crippen LogP contribution in [0.2, 0.25) is 10.0 Å². The van der Waals surface area contributed by atoms with Crippen LogP contribution in [0.4, 0.5) is 5.69 Å². The topological polar surface area (TPSA) is 55.8 Å². The Balaban J connectivity index is 1.80. The average molecular weight is 498 g/mol. The first-order valence-corrected chi connectivity index (χ1v) is 11.9. The van der Waals surface area contributed by atoms with E-state index >= 15 is 0 Å². The summed E-state index contributed by atoms with van der Waals surface area (Å²) in [4.78, 5) is 27.6. The second kappa shape index (κ2) is 11.0. The Kier molecular flexibility index (Phi) is 7.88. The van der Waals surface area contributed by atoms with Gasteiger partial charge in [-0.15, -0.1) is 0 Å². The van der Waals surface area contributed by atoms with Gasteiger partial charge in [0.05, 0.1) is 18.8 Å². The number of halogens is 2. The number of esters is 1. The van der Waals surface area contributed by atoms with Crippen LogP contribution in [0.5, 0.6) is 0 Å². The van der Waals surface area contributed by atoms with Gasteiger partial charge in [0, 0.05) is 27.6 Å². The molecule has 0 bridgehead atoms. The maximum atomic E-state index is 13.8. The monoisotopic (exact) mass is 497 g/mol. The molecule has 1 heterocycles. The van der Waals surface area contributed by atoms with E-state index in [1.165, 1.54) is 0 Å². The lowest BCUT2D eigenvalue weighted by Gasteiger charge is -2.25. The highest BCUT2D eigenvalue weighted by molar-refractivity contribution is 6.31. The standard InChI is InChI=1S/C27H25Cl2NO4/c1-2-33-25(31)15-14-24-27(32)30(17-18-8-4-3-5-9-18)23-13-12-19(28)16-21(23)26(34-24)20-10-6-7-11-22(20)29/h3-13,16,24,26H,2,14-15,17H2,1H3/t24-,26-/m1/s1. The van der Waals surface area contributed by atoms with E-state index in [2.05, 4.69) is 0 Å². The highest BCUT2D eigenvalue weighted by Crippen LogP contribution is 2.42. The minimum Gasteiger partial charge on any atom is -0.466 e. The van der Waals surface area contributed by atoms with Gasteiger partial charge in [-0.3, -0.25) is 9.59 Å². The smallest absolute Gasteiger partial charge is 0.305 e. The molecule has 7 heteroatoms. The van der Waals surface area contributed by atoms with Crippen molar-refractivity contribution in [2.45, 2.75) is 38.5 Å². The zero-order chi connectivity index (χ0) is 24.1. The summed E-state index contributed by atoms with van der Waals surface area (Å²) in [6.45, 7) is 2.38. The first kappa shape index (κ1) is 24.3. The van der Waals surface area contributed by atoms with Crippen molar-refractivity contribution in [1.29, 1.82) is 0 Å². The number of ether oxygens (including phenoxy) is 2. The number of fused-ring (bicyclic) bond motifs is 1. The van der Waals surface area contributed by atoms with E-state index in [1.54, 1.807) is 24.0 Å². The van der Waals surface area contributed by atoms with E-state index in [1.807, 2.05) is 60.7 Å². The van der Waals surface area contributed by atoms with Crippen molar-refractivity contribution >= 4 is 40.8 Å². The van der Waals surface area contributed by atoms with Crippen molar-refractivity contribution in [3.8, 4) is 0 Å². The first-order valence-electron chi connectivity index (χ1n) is 11.2. The van der Waals surface area contributed by atoms with Gasteiger partial charge >= 0.3 is 5.97 Å². The fourth-order valence-electron chi connectivity index (χ4n) is 4.10. The molecule has 4 rings (SSSR count). The molecular weight excluding hydrogens is 473 g/mol. The highest BCUT2D eigenvalue weighted by atomic mass is 35.5. The highest BCUT2D eigenvalue weighted by Gasteiger charge is 2.37. The molecule has 0 aromatic heterocycles. The molecule has 176 valence electrons. The summed E-state index contributed by atoms with van der Waals surface area (Å²) in [7, 11) is 0. The predicted octanol–water partition coefficient (Wildman–Crippen LogP) is 6.36. The number of rotatable bonds is 7. The molecule has 1 aliphatic rings. The molecule has 2 atom stereocenters. The number of amides is 1. The first-order chi connectivity index (χ1) is 16.5. The summed E-state index contributed by atoms with van der Waals surface area (Å²) >= 11 is 12.9. The molecule has 3 aromatic rings. The van der Waals surface area contributed by atoms with Crippen molar-refractivity contribution in [3.05, 3.63) is 99.5 Å². The third kappa shape index (κ3) is 5.44. The third-order valence-corrected chi connectivity index (χ3v) is 6.27. The number of carbonyl (C=O) groups is 2. The van der Waals surface area contributed by atoms with Crippen molar-refractivity contribution in [3.63, 3.8) is 0 Å². The zero-order valence-corrected chi connectivity index (χ0v) is 20.3. The fraction of sp³-hybridized carbons (Fsp3) is 0.259. The Morgan fingerprint density at radius 3 is 2.47 bits per heavy atom. The maximum Gasteiger partial charge on any atom is 0.305 e. The zero-order valence-electron chi connectivity index (χ0n) is 18.7. The minimum atomic E-state index is -0.874. The molecule has 0 unspecified atom stereocenters. The van der Waals surface area contributed by atoms with Gasteiger partial charge in [-0.05, 0) is 43.2 Å². The summed E-state index contributed by atoms with van der Waals surface area (Å²) in [6.07, 6.45) is -1.26. The quantitative estimate of drug-likeness (QED) is 0.356. The van der Waals surface area contributed by atoms with Crippen LogP contribution in [0, 0.1) is 0 Å². The van der Waals surface area contributed by atoms with Crippen molar-refractivity contribution in [1.82, 2.24) is 0 Å². The molecular formula is C27H25Cl2NO4. The molecule has 3 aromatic carbocycles. The summed E-state index contributed by atoms with van der Waals surface area (Å²) in [5, 5.41) is 1.04. The van der Waals surface area contributed by atoms with Crippen LogP contribution in [-0.2, 0) is 25.6 Å². The largest absolute Gasteiger partial charge is 0.466 e. The molecule has 34 heavy (non-hydrogen) atoms. The van der Waals surface area contributed by atoms with Crippen LogP contribution in [-0.4, -0.2) is 24.6 Å². The predicted molar refractivity (Wildman–Crippen MR) is 133 cm³/mol. The van der Waals surface area contributed by atoms with Crippen molar-refractivity contribution < 1.29 is 19.1 Å². The maximum absolute atomic E-state index is 13.8. The van der Waals surface area contributed by atoms with Crippen LogP contribution < -0.4 is 4.90 Å². The number of nitrogens with zero attached hydrogens (tertiary/aromatic N) is 1. The van der Waals surface area contributed by atoms with Gasteiger partial charge < -0.3 is 14.4 Å². The molecule has 0 spiro atoms. The third-order valence-electron chi connectivity index (χ3n) is 5.69. The Hall–Kier alpha value is -2.86. The normalized spacial score (nSPS) is 17.7. The van der Waals surface area contributed by atoms with Gasteiger partial charge in [-0.25, -0.2) is 0 Å². The van der Waals surface area contributed by atoms with Gasteiger partial charge in [0.2, 0.25) is 0 Å². The fourth-order valence-corrected chi connectivity index (χ4v) is 4.52. The molecule has 0 N–H and O–H groups in total. The number of benzene rings is 3. The van der Waals surface area contributed by atoms with E-state index in [4.69, 9.17) is 32.7 Å². The van der Waals surface area contributed by atoms with Crippen LogP contribution in [0.1, 0.15) is 42.6 Å². The van der Waals surface area contributed by atoms with Gasteiger partial charge in [-0.1, -0.05) is 71.7 Å². The number of hydrogen-bond acceptors (Lipinski definition) is 4. The molecule has 0 saturated carbocycles. The van der Waals surface area contributed by atoms with Crippen molar-refractivity contribution in [2.24, 2.45) is 0 Å². The summed E-state index contributed by atoms with van der Waals surface area (Å²) in [5.74, 6) is -0.598. The Labute approximate surface area is 209 Å². The molecule has 0 radical (unpaired) electrons. The number of hydrogen-bond donors (Lipinski definition) is 0. The SMILES string of the molecule is CCOC(=O)CC[C@H]1O[C@H](c2ccccc2Cl)c2cc(Cl)ccc2N(Cc2ccccc2)C1=O. The van der Waals surface area contributed by atoms with Gasteiger partial charge in [0.1, 0.15) is 12.2 Å². The van der Waals surface area contributed by atoms with E-state index in [9.17, 15) is 9.59 Å². The lowest BCUT2D eigenvalue weighted by atomic mass is 9.99. The number of anilines is 1. The molecule has 0 saturated heterocycles. The van der Waals surface area contributed by atoms with Gasteiger partial charge in [-0.2, -0.15) is 0 Å². The summed E-state index contributed by atoms with van der Waals surface area (Å²) in [5.41, 5.74) is 3.13. The van der Waals surface area contributed by atoms with Crippen molar-refractivity contribution in [2.75, 3.05) is 11.5 Å². The Morgan fingerprint density at radius 1 is 1.00 bits per heavy atom. The molecule has 1 aliphatic heterocycles. The molecule has 5 nitrogen and oxygen atoms in total. The Morgan fingerprint density at radius 2 is 1.74 bits per heavy atom. The van der Waals surface area contributed by atoms with Crippen LogP contribution >= 0.6 is 23.2 Å². The van der Waals surface area contributed by atoms with E-state index in [-0.39, 0.29) is 31.3 Å². The van der Waals surface area contributed by atoms with Crippen LogP contribution in [0.15, 0.2) is 72.8 Å². The van der Waals surface area contributed by atoms with Gasteiger partial charge in [0.15, 0.2) is 0 Å². The molecule has 0 fully saturated rings. The summed E-state index contributed by atoms with van der Waals surface area (Å²) in [6, 6.07) is 22.5. The summed E-state index contributed by atoms with van der Waals surface area (Å²) < 4.78 is 11.5. The average Bonchev–Trinajstić information content (AvgIpc) is 2.94. The van der Waals surface area contributed by atoms with E-state index in [0.717, 1.165) is 16.7 Å². The second-order valence-electron chi connectivity index (χ2n) is 7.98. The lowest BCUT2D eigenvalue weighted by molar-refractivity contribution is -0.145. The minimum absolute atomic E-state index is 0.0652. The van der Waals surface area contributed by atoms with E-state index < -0.39 is 12.2 Å². The molecule has 0 aliphatic carbocycles. The lowest BCUT2D eigenvalue weighted by Crippen LogP contribution is -2.39. The van der Waals surface area contributed by atoms with E-state index in [0.29, 0.717) is 22.3 Å². The second-order valence-corrected chi connectivity index (χ2v) is 8.83. The van der Waals surface area contributed by atoms with Crippen LogP contribution in [0.3, 0.4) is 0 Å². The Bertz CT molecular complexity index is 1170. The number of carbonyl (C=O) groups excluding carboxylic acids is 2. The van der Waals surface area contributed by atoms with Crippen LogP contribution in [0.25, 0.3) is 0 Å².